The molecule has 1 heterocycles. The van der Waals surface area contributed by atoms with E-state index in [9.17, 15) is 0 Å². The predicted octanol–water partition coefficient (Wildman–Crippen LogP) is 3.68. The Bertz CT molecular complexity index is 381. The van der Waals surface area contributed by atoms with Crippen LogP contribution in [-0.2, 0) is 0 Å². The zero-order valence-electron chi connectivity index (χ0n) is 12.6. The molecule has 19 heavy (non-hydrogen) atoms. The maximum Gasteiger partial charge on any atom is 0.0499 e. The van der Waals surface area contributed by atoms with Crippen molar-refractivity contribution < 1.29 is 0 Å². The normalized spacial score (nSPS) is 24.9. The van der Waals surface area contributed by atoms with Gasteiger partial charge in [-0.3, -0.25) is 4.90 Å². The zero-order valence-corrected chi connectivity index (χ0v) is 12.6. The van der Waals surface area contributed by atoms with E-state index in [0.717, 1.165) is 13.0 Å². The molecule has 1 aromatic rings. The minimum absolute atomic E-state index is 0.283. The van der Waals surface area contributed by atoms with Gasteiger partial charge in [0.15, 0.2) is 0 Å². The van der Waals surface area contributed by atoms with E-state index >= 15 is 0 Å². The first-order valence-corrected chi connectivity index (χ1v) is 7.73. The highest BCUT2D eigenvalue weighted by molar-refractivity contribution is 5.28. The molecule has 0 saturated carbocycles. The number of rotatable bonds is 4. The monoisotopic (exact) mass is 260 g/mol. The van der Waals surface area contributed by atoms with Crippen LogP contribution in [0.3, 0.4) is 0 Å². The van der Waals surface area contributed by atoms with E-state index in [0.29, 0.717) is 12.0 Å². The third-order valence-electron chi connectivity index (χ3n) is 4.24. The van der Waals surface area contributed by atoms with Gasteiger partial charge in [-0.2, -0.15) is 0 Å². The largest absolute Gasteiger partial charge is 0.326 e. The smallest absolute Gasteiger partial charge is 0.0499 e. The average Bonchev–Trinajstić information content (AvgIpc) is 2.39. The fourth-order valence-electron chi connectivity index (χ4n) is 3.17. The molecular formula is C17H28N2. The fraction of sp³-hybridized carbons (Fsp3) is 0.647. The van der Waals surface area contributed by atoms with Crippen molar-refractivity contribution in [3.8, 4) is 0 Å². The lowest BCUT2D eigenvalue weighted by Crippen LogP contribution is -2.46. The molecule has 0 amide bonds. The molecule has 0 spiro atoms. The van der Waals surface area contributed by atoms with Gasteiger partial charge in [0.05, 0.1) is 0 Å². The van der Waals surface area contributed by atoms with Gasteiger partial charge < -0.3 is 5.73 Å². The second-order valence-electron chi connectivity index (χ2n) is 6.11. The highest BCUT2D eigenvalue weighted by Crippen LogP contribution is 2.31. The third kappa shape index (κ3) is 3.37. The lowest BCUT2D eigenvalue weighted by atomic mass is 9.89. The lowest BCUT2D eigenvalue weighted by Gasteiger charge is -2.40. The predicted molar refractivity (Wildman–Crippen MR) is 82.3 cm³/mol. The van der Waals surface area contributed by atoms with Crippen molar-refractivity contribution in [2.45, 2.75) is 58.0 Å². The highest BCUT2D eigenvalue weighted by atomic mass is 15.2. The Kier molecular flexibility index (Phi) is 5.00. The number of hydrogen-bond acceptors (Lipinski definition) is 2. The van der Waals surface area contributed by atoms with E-state index in [4.69, 9.17) is 5.73 Å². The van der Waals surface area contributed by atoms with Gasteiger partial charge in [0.2, 0.25) is 0 Å². The Morgan fingerprint density at radius 3 is 2.53 bits per heavy atom. The maximum atomic E-state index is 6.39. The van der Waals surface area contributed by atoms with E-state index in [-0.39, 0.29) is 6.04 Å². The van der Waals surface area contributed by atoms with Crippen LogP contribution >= 0.6 is 0 Å². The van der Waals surface area contributed by atoms with Crippen LogP contribution < -0.4 is 5.73 Å². The van der Waals surface area contributed by atoms with Crippen molar-refractivity contribution in [3.63, 3.8) is 0 Å². The molecule has 2 N–H and O–H groups in total. The van der Waals surface area contributed by atoms with Crippen LogP contribution in [0.2, 0.25) is 0 Å². The SMILES string of the molecule is CCCN1CCCC(N)C1c1ccc(C(C)C)cc1. The summed E-state index contributed by atoms with van der Waals surface area (Å²) in [6, 6.07) is 9.80. The molecule has 1 aromatic carbocycles. The van der Waals surface area contributed by atoms with Crippen LogP contribution in [0, 0.1) is 0 Å². The number of likely N-dealkylation sites (tertiary alicyclic amines) is 1. The Morgan fingerprint density at radius 2 is 1.95 bits per heavy atom. The Labute approximate surface area is 118 Å². The topological polar surface area (TPSA) is 29.3 Å². The average molecular weight is 260 g/mol. The standard InChI is InChI=1S/C17H28N2/c1-4-11-19-12-5-6-16(18)17(19)15-9-7-14(8-10-15)13(2)3/h7-10,13,16-17H,4-6,11-12,18H2,1-3H3. The third-order valence-corrected chi connectivity index (χ3v) is 4.24. The summed E-state index contributed by atoms with van der Waals surface area (Å²) >= 11 is 0. The van der Waals surface area contributed by atoms with Gasteiger partial charge in [-0.15, -0.1) is 0 Å². The van der Waals surface area contributed by atoms with E-state index in [1.165, 1.54) is 30.5 Å². The first-order valence-electron chi connectivity index (χ1n) is 7.73. The summed E-state index contributed by atoms with van der Waals surface area (Å²) in [4.78, 5) is 2.57. The van der Waals surface area contributed by atoms with Gasteiger partial charge >= 0.3 is 0 Å². The van der Waals surface area contributed by atoms with Crippen molar-refractivity contribution in [2.24, 2.45) is 5.73 Å². The van der Waals surface area contributed by atoms with E-state index in [1.54, 1.807) is 0 Å². The quantitative estimate of drug-likeness (QED) is 0.894. The van der Waals surface area contributed by atoms with Crippen molar-refractivity contribution >= 4 is 0 Å². The van der Waals surface area contributed by atoms with Crippen LogP contribution in [0.5, 0.6) is 0 Å². The summed E-state index contributed by atoms with van der Waals surface area (Å²) in [5.41, 5.74) is 9.19. The minimum atomic E-state index is 0.283. The molecular weight excluding hydrogens is 232 g/mol. The summed E-state index contributed by atoms with van der Waals surface area (Å²) in [6.07, 6.45) is 3.59. The molecule has 0 radical (unpaired) electrons. The summed E-state index contributed by atoms with van der Waals surface area (Å²) < 4.78 is 0. The van der Waals surface area contributed by atoms with E-state index in [1.807, 2.05) is 0 Å². The number of piperidine rings is 1. The van der Waals surface area contributed by atoms with Crippen molar-refractivity contribution in [2.75, 3.05) is 13.1 Å². The molecule has 1 aliphatic heterocycles. The molecule has 1 fully saturated rings. The van der Waals surface area contributed by atoms with Gasteiger partial charge in [0.25, 0.3) is 0 Å². The summed E-state index contributed by atoms with van der Waals surface area (Å²) in [7, 11) is 0. The van der Waals surface area contributed by atoms with Gasteiger partial charge in [0.1, 0.15) is 0 Å². The summed E-state index contributed by atoms with van der Waals surface area (Å²) in [5, 5.41) is 0. The maximum absolute atomic E-state index is 6.39. The van der Waals surface area contributed by atoms with Crippen LogP contribution in [0.15, 0.2) is 24.3 Å². The molecule has 106 valence electrons. The second kappa shape index (κ2) is 6.53. The summed E-state index contributed by atoms with van der Waals surface area (Å²) in [5.74, 6) is 0.598. The van der Waals surface area contributed by atoms with Crippen molar-refractivity contribution in [3.05, 3.63) is 35.4 Å². The lowest BCUT2D eigenvalue weighted by molar-refractivity contribution is 0.128. The van der Waals surface area contributed by atoms with Crippen LogP contribution in [0.1, 0.15) is 63.1 Å². The number of hydrogen-bond donors (Lipinski definition) is 1. The van der Waals surface area contributed by atoms with Crippen molar-refractivity contribution in [1.29, 1.82) is 0 Å². The molecule has 2 heteroatoms. The second-order valence-corrected chi connectivity index (χ2v) is 6.11. The molecule has 0 bridgehead atoms. The van der Waals surface area contributed by atoms with Gasteiger partial charge in [0, 0.05) is 12.1 Å². The van der Waals surface area contributed by atoms with Gasteiger partial charge in [-0.1, -0.05) is 45.0 Å². The first-order chi connectivity index (χ1) is 9.13. The minimum Gasteiger partial charge on any atom is -0.326 e. The Balaban J connectivity index is 2.20. The number of nitrogens with two attached hydrogens (primary N) is 1. The van der Waals surface area contributed by atoms with Gasteiger partial charge in [-0.25, -0.2) is 0 Å². The highest BCUT2D eigenvalue weighted by Gasteiger charge is 2.29. The molecule has 0 aliphatic carbocycles. The first kappa shape index (κ1) is 14.5. The molecule has 2 rings (SSSR count). The van der Waals surface area contributed by atoms with Crippen LogP contribution in [0.4, 0.5) is 0 Å². The van der Waals surface area contributed by atoms with E-state index in [2.05, 4.69) is 49.9 Å². The molecule has 2 nitrogen and oxygen atoms in total. The van der Waals surface area contributed by atoms with Crippen LogP contribution in [0.25, 0.3) is 0 Å². The van der Waals surface area contributed by atoms with E-state index < -0.39 is 0 Å². The fourth-order valence-corrected chi connectivity index (χ4v) is 3.17. The summed E-state index contributed by atoms with van der Waals surface area (Å²) in [6.45, 7) is 9.08. The molecule has 0 aromatic heterocycles. The van der Waals surface area contributed by atoms with Crippen LogP contribution in [-0.4, -0.2) is 24.0 Å². The molecule has 2 unspecified atom stereocenters. The molecule has 1 aliphatic rings. The Morgan fingerprint density at radius 1 is 1.26 bits per heavy atom. The number of benzene rings is 1. The number of nitrogens with zero attached hydrogens (tertiary/aromatic N) is 1. The zero-order chi connectivity index (χ0) is 13.8. The van der Waals surface area contributed by atoms with Gasteiger partial charge in [-0.05, 0) is 49.4 Å². The molecule has 2 atom stereocenters. The van der Waals surface area contributed by atoms with Crippen molar-refractivity contribution in [1.82, 2.24) is 4.90 Å². The molecule has 1 saturated heterocycles. The Hall–Kier alpha value is -0.860.